The van der Waals surface area contributed by atoms with Gasteiger partial charge in [0.05, 0.1) is 38.1 Å². The number of ether oxygens (including phenoxy) is 3. The van der Waals surface area contributed by atoms with Gasteiger partial charge in [0.1, 0.15) is 12.7 Å². The van der Waals surface area contributed by atoms with Crippen LogP contribution in [0.3, 0.4) is 0 Å². The molecule has 376 valence electrons. The van der Waals surface area contributed by atoms with Crippen molar-refractivity contribution in [1.82, 2.24) is 0 Å². The van der Waals surface area contributed by atoms with Gasteiger partial charge in [0.15, 0.2) is 12.4 Å². The van der Waals surface area contributed by atoms with E-state index in [1.54, 1.807) is 12.2 Å². The lowest BCUT2D eigenvalue weighted by Gasteiger charge is -2.36. The van der Waals surface area contributed by atoms with Gasteiger partial charge in [-0.15, -0.1) is 0 Å². The zero-order valence-electron chi connectivity index (χ0n) is 38.8. The summed E-state index contributed by atoms with van der Waals surface area (Å²) < 4.78 is 53.5. The van der Waals surface area contributed by atoms with Gasteiger partial charge < -0.3 is 49.3 Å². The molecule has 0 aromatic rings. The minimum absolute atomic E-state index is 0.0568. The highest BCUT2D eigenvalue weighted by molar-refractivity contribution is 7.47. The largest absolute Gasteiger partial charge is 0.472 e. The lowest BCUT2D eigenvalue weighted by Crippen LogP contribution is -2.43. The maximum Gasteiger partial charge on any atom is 0.472 e. The molecular formula is C45H84O17P2. The van der Waals surface area contributed by atoms with Crippen molar-refractivity contribution in [1.29, 1.82) is 0 Å². The van der Waals surface area contributed by atoms with Gasteiger partial charge in [-0.25, -0.2) is 9.13 Å². The molecule has 1 aliphatic rings. The molecule has 7 N–H and O–H groups in total. The van der Waals surface area contributed by atoms with Gasteiger partial charge >= 0.3 is 27.6 Å². The lowest BCUT2D eigenvalue weighted by atomic mass is 9.87. The Labute approximate surface area is 382 Å². The van der Waals surface area contributed by atoms with Crippen molar-refractivity contribution in [2.24, 2.45) is 11.8 Å². The predicted molar refractivity (Wildman–Crippen MR) is 243 cm³/mol. The van der Waals surface area contributed by atoms with Crippen molar-refractivity contribution in [3.05, 3.63) is 24.3 Å². The van der Waals surface area contributed by atoms with Crippen LogP contribution >= 0.6 is 15.6 Å². The van der Waals surface area contributed by atoms with Gasteiger partial charge in [-0.05, 0) is 38.0 Å². The number of aliphatic hydroxyl groups is 4. The number of unbranched alkanes of at least 4 members (excludes halogenated alkanes) is 15. The fourth-order valence-electron chi connectivity index (χ4n) is 7.10. The molecule has 0 spiro atoms. The number of rotatable bonds is 40. The van der Waals surface area contributed by atoms with Gasteiger partial charge in [0.2, 0.25) is 0 Å². The zero-order chi connectivity index (χ0) is 47.6. The number of carbonyl (C=O) groups is 2. The third kappa shape index (κ3) is 34.7. The van der Waals surface area contributed by atoms with Gasteiger partial charge in [-0.3, -0.25) is 23.2 Å². The Balaban J connectivity index is 2.57. The molecule has 19 heteroatoms. The number of phosphoric acid groups is 2. The zero-order valence-corrected chi connectivity index (χ0v) is 40.6. The monoisotopic (exact) mass is 959 g/mol. The van der Waals surface area contributed by atoms with Crippen molar-refractivity contribution in [2.45, 2.75) is 212 Å². The Morgan fingerprint density at radius 3 is 1.88 bits per heavy atom. The second kappa shape index (κ2) is 36.5. The molecule has 0 radical (unpaired) electrons. The van der Waals surface area contributed by atoms with Crippen molar-refractivity contribution in [3.63, 3.8) is 0 Å². The molecule has 1 aliphatic heterocycles. The number of hydrogen-bond donors (Lipinski definition) is 7. The summed E-state index contributed by atoms with van der Waals surface area (Å²) in [5.41, 5.74) is 0. The molecular weight excluding hydrogens is 874 g/mol. The molecule has 1 fully saturated rings. The Morgan fingerprint density at radius 1 is 0.703 bits per heavy atom. The summed E-state index contributed by atoms with van der Waals surface area (Å²) in [6.07, 6.45) is 22.1. The van der Waals surface area contributed by atoms with Crippen LogP contribution in [0.4, 0.5) is 0 Å². The van der Waals surface area contributed by atoms with Gasteiger partial charge in [0.25, 0.3) is 0 Å². The molecule has 8 atom stereocenters. The predicted octanol–water partition coefficient (Wildman–Crippen LogP) is 8.25. The second-order valence-electron chi connectivity index (χ2n) is 17.4. The lowest BCUT2D eigenvalue weighted by molar-refractivity contribution is -0.199. The molecule has 0 saturated carbocycles. The van der Waals surface area contributed by atoms with Crippen LogP contribution in [0.1, 0.15) is 175 Å². The number of esters is 2. The quantitative estimate of drug-likeness (QED) is 0.0132. The Hall–Kier alpha value is -1.56. The molecule has 64 heavy (non-hydrogen) atoms. The summed E-state index contributed by atoms with van der Waals surface area (Å²) in [5, 5.41) is 40.8. The van der Waals surface area contributed by atoms with E-state index in [0.29, 0.717) is 32.1 Å². The maximum atomic E-state index is 12.8. The number of aliphatic hydroxyl groups excluding tert-OH is 4. The summed E-state index contributed by atoms with van der Waals surface area (Å²) in [7, 11) is -9.79. The molecule has 1 saturated heterocycles. The highest BCUT2D eigenvalue weighted by Gasteiger charge is 2.35. The standard InChI is InChI=1S/C45H84O17P2/c1-4-5-19-25-37(46)29-30-42-40(41(48)31-45(51)62-42)26-21-17-18-23-28-44(50)61-39(35-60-64(55,56)59-33-38(47)32-58-63(52,53)54)34-57-43(49)27-22-16-14-12-10-8-6-7-9-11-13-15-20-24-36(2)3/h17,21,29-30,36-42,45-48,51H,4-16,18-20,22-28,31-35H2,1-3H3,(H,55,56)(H2,52,53,54)/b21-17-,30-29+/t37-,38-,39+,40-,41-,42+,45?/m0/s1. The third-order valence-corrected chi connectivity index (χ3v) is 12.2. The van der Waals surface area contributed by atoms with Crippen LogP contribution in [-0.4, -0.2) is 110 Å². The van der Waals surface area contributed by atoms with Crippen LogP contribution in [0.25, 0.3) is 0 Å². The van der Waals surface area contributed by atoms with Crippen molar-refractivity contribution in [3.8, 4) is 0 Å². The third-order valence-electron chi connectivity index (χ3n) is 10.8. The normalized spacial score (nSPS) is 20.7. The first-order valence-corrected chi connectivity index (χ1v) is 26.8. The molecule has 0 aromatic carbocycles. The topological polar surface area (TPSA) is 265 Å². The first-order chi connectivity index (χ1) is 30.4. The van der Waals surface area contributed by atoms with Crippen molar-refractivity contribution >= 4 is 27.6 Å². The summed E-state index contributed by atoms with van der Waals surface area (Å²) in [5.74, 6) is -0.799. The summed E-state index contributed by atoms with van der Waals surface area (Å²) >= 11 is 0. The molecule has 0 amide bonds. The molecule has 0 aromatic heterocycles. The minimum atomic E-state index is -4.90. The van der Waals surface area contributed by atoms with Crippen molar-refractivity contribution < 1.29 is 81.6 Å². The summed E-state index contributed by atoms with van der Waals surface area (Å²) in [6.45, 7) is 3.67. The van der Waals surface area contributed by atoms with E-state index in [4.69, 9.17) is 28.5 Å². The number of phosphoric ester groups is 2. The summed E-state index contributed by atoms with van der Waals surface area (Å²) in [6, 6.07) is 0. The van der Waals surface area contributed by atoms with Gasteiger partial charge in [-0.1, -0.05) is 148 Å². The average Bonchev–Trinajstić information content (AvgIpc) is 3.22. The Bertz CT molecular complexity index is 1360. The average molecular weight is 959 g/mol. The Kier molecular flexibility index (Phi) is 34.5. The summed E-state index contributed by atoms with van der Waals surface area (Å²) in [4.78, 5) is 53.0. The number of carbonyl (C=O) groups excluding carboxylic acids is 2. The maximum absolute atomic E-state index is 12.8. The fraction of sp³-hybridized carbons (Fsp3) is 0.867. The molecule has 2 unspecified atom stereocenters. The number of allylic oxidation sites excluding steroid dienone is 2. The molecule has 1 rings (SSSR count). The van der Waals surface area contributed by atoms with Crippen molar-refractivity contribution in [2.75, 3.05) is 26.4 Å². The smallest absolute Gasteiger partial charge is 0.462 e. The van der Waals surface area contributed by atoms with Crippen LogP contribution in [0, 0.1) is 11.8 Å². The van der Waals surface area contributed by atoms with Crippen LogP contribution in [0.5, 0.6) is 0 Å². The number of hydrogen-bond acceptors (Lipinski definition) is 14. The molecule has 0 aliphatic carbocycles. The molecule has 0 bridgehead atoms. The Morgan fingerprint density at radius 2 is 1.27 bits per heavy atom. The fourth-order valence-corrected chi connectivity index (χ4v) is 8.26. The van der Waals surface area contributed by atoms with E-state index in [1.165, 1.54) is 57.8 Å². The highest BCUT2D eigenvalue weighted by Crippen LogP contribution is 2.44. The second-order valence-corrected chi connectivity index (χ2v) is 20.1. The first-order valence-electron chi connectivity index (χ1n) is 23.8. The van der Waals surface area contributed by atoms with E-state index < -0.39 is 90.8 Å². The van der Waals surface area contributed by atoms with E-state index in [2.05, 4.69) is 29.8 Å². The van der Waals surface area contributed by atoms with Crippen LogP contribution in [0.15, 0.2) is 24.3 Å². The van der Waals surface area contributed by atoms with E-state index in [0.717, 1.165) is 50.9 Å². The van der Waals surface area contributed by atoms with E-state index in [1.807, 2.05) is 12.2 Å². The van der Waals surface area contributed by atoms with E-state index in [9.17, 15) is 44.0 Å². The van der Waals surface area contributed by atoms with Crippen LogP contribution in [0.2, 0.25) is 0 Å². The molecule has 17 nitrogen and oxygen atoms in total. The van der Waals surface area contributed by atoms with Gasteiger partial charge in [-0.2, -0.15) is 0 Å². The van der Waals surface area contributed by atoms with Crippen LogP contribution in [-0.2, 0) is 46.5 Å². The van der Waals surface area contributed by atoms with E-state index in [-0.39, 0.29) is 25.2 Å². The van der Waals surface area contributed by atoms with Crippen LogP contribution < -0.4 is 0 Å². The van der Waals surface area contributed by atoms with Gasteiger partial charge in [0, 0.05) is 25.2 Å². The molecule has 1 heterocycles. The highest BCUT2D eigenvalue weighted by atomic mass is 31.2. The first kappa shape index (κ1) is 60.5. The van der Waals surface area contributed by atoms with E-state index >= 15 is 0 Å². The SMILES string of the molecule is CCCCC[C@H](O)/C=C/[C@H]1OC(O)C[C@H](O)[C@@H]1C/C=C\CCCC(=O)O[C@H](COC(=O)CCCCCCCCCCCCCCCC(C)C)COP(=O)(O)OC[C@@H](O)COP(=O)(O)O. The minimum Gasteiger partial charge on any atom is -0.462 e.